The molecule has 0 amide bonds. The molecule has 1 unspecified atom stereocenters. The second-order valence-corrected chi connectivity index (χ2v) is 4.71. The third kappa shape index (κ3) is 2.60. The summed E-state index contributed by atoms with van der Waals surface area (Å²) in [6, 6.07) is 7.28. The largest absolute Gasteiger partial charge is 0.327 e. The molecule has 1 heteroatoms. The zero-order valence-electron chi connectivity index (χ0n) is 9.63. The number of benzene rings is 1. The van der Waals surface area contributed by atoms with Crippen LogP contribution in [-0.2, 0) is 19.3 Å². The molecule has 0 heterocycles. The predicted octanol–water partition coefficient (Wildman–Crippen LogP) is 2.85. The monoisotopic (exact) mass is 203 g/mol. The van der Waals surface area contributed by atoms with Crippen LogP contribution in [0.4, 0.5) is 0 Å². The Bertz CT molecular complexity index is 330. The Labute approximate surface area is 92.7 Å². The van der Waals surface area contributed by atoms with E-state index >= 15 is 0 Å². The zero-order valence-corrected chi connectivity index (χ0v) is 9.63. The Morgan fingerprint density at radius 3 is 2.87 bits per heavy atom. The fourth-order valence-corrected chi connectivity index (χ4v) is 2.53. The standard InChI is InChI=1S/C14H21N/c1-2-4-14(15)10-11-7-8-12-5-3-6-13(12)9-11/h7-9,14H,2-6,10,15H2,1H3. The molecule has 0 saturated heterocycles. The van der Waals surface area contributed by atoms with E-state index in [1.54, 1.807) is 11.1 Å². The first-order valence-corrected chi connectivity index (χ1v) is 6.16. The molecule has 0 bridgehead atoms. The lowest BCUT2D eigenvalue weighted by atomic mass is 9.99. The third-order valence-corrected chi connectivity index (χ3v) is 3.32. The Kier molecular flexibility index (Phi) is 3.42. The summed E-state index contributed by atoms with van der Waals surface area (Å²) >= 11 is 0. The maximum atomic E-state index is 6.06. The van der Waals surface area contributed by atoms with Gasteiger partial charge in [-0.2, -0.15) is 0 Å². The summed E-state index contributed by atoms with van der Waals surface area (Å²) in [7, 11) is 0. The van der Waals surface area contributed by atoms with Crippen molar-refractivity contribution in [3.63, 3.8) is 0 Å². The molecule has 1 atom stereocenters. The van der Waals surface area contributed by atoms with E-state index in [-0.39, 0.29) is 0 Å². The number of nitrogens with two attached hydrogens (primary N) is 1. The van der Waals surface area contributed by atoms with Gasteiger partial charge in [0.25, 0.3) is 0 Å². The molecule has 0 aromatic heterocycles. The smallest absolute Gasteiger partial charge is 0.00792 e. The van der Waals surface area contributed by atoms with Crippen LogP contribution in [0.3, 0.4) is 0 Å². The van der Waals surface area contributed by atoms with Crippen molar-refractivity contribution >= 4 is 0 Å². The number of fused-ring (bicyclic) bond motifs is 1. The maximum absolute atomic E-state index is 6.06. The average Bonchev–Trinajstić information content (AvgIpc) is 2.65. The van der Waals surface area contributed by atoms with Gasteiger partial charge in [0.2, 0.25) is 0 Å². The van der Waals surface area contributed by atoms with Gasteiger partial charge in [-0.1, -0.05) is 31.5 Å². The van der Waals surface area contributed by atoms with Crippen molar-refractivity contribution in [2.45, 2.75) is 51.5 Å². The maximum Gasteiger partial charge on any atom is 0.00792 e. The molecule has 82 valence electrons. The van der Waals surface area contributed by atoms with Gasteiger partial charge in [-0.05, 0) is 48.8 Å². The molecule has 0 aliphatic heterocycles. The van der Waals surface area contributed by atoms with Crippen LogP contribution in [0.25, 0.3) is 0 Å². The van der Waals surface area contributed by atoms with Crippen molar-refractivity contribution in [3.8, 4) is 0 Å². The second kappa shape index (κ2) is 4.80. The minimum absolute atomic E-state index is 0.342. The highest BCUT2D eigenvalue weighted by molar-refractivity contribution is 5.35. The van der Waals surface area contributed by atoms with Gasteiger partial charge in [0.1, 0.15) is 0 Å². The molecule has 0 radical (unpaired) electrons. The molecule has 0 saturated carbocycles. The summed E-state index contributed by atoms with van der Waals surface area (Å²) in [6.07, 6.45) is 7.24. The molecule has 0 spiro atoms. The second-order valence-electron chi connectivity index (χ2n) is 4.71. The molecular formula is C14H21N. The average molecular weight is 203 g/mol. The Morgan fingerprint density at radius 1 is 1.27 bits per heavy atom. The summed E-state index contributed by atoms with van der Waals surface area (Å²) < 4.78 is 0. The zero-order chi connectivity index (χ0) is 10.7. The van der Waals surface area contributed by atoms with Crippen molar-refractivity contribution in [1.82, 2.24) is 0 Å². The molecular weight excluding hydrogens is 182 g/mol. The number of aryl methyl sites for hydroxylation is 2. The van der Waals surface area contributed by atoms with Gasteiger partial charge in [-0.25, -0.2) is 0 Å². The summed E-state index contributed by atoms with van der Waals surface area (Å²) in [6.45, 7) is 2.20. The minimum atomic E-state index is 0.342. The quantitative estimate of drug-likeness (QED) is 0.800. The molecule has 0 fully saturated rings. The fourth-order valence-electron chi connectivity index (χ4n) is 2.53. The molecule has 15 heavy (non-hydrogen) atoms. The van der Waals surface area contributed by atoms with E-state index in [9.17, 15) is 0 Å². The molecule has 1 aromatic carbocycles. The SMILES string of the molecule is CCCC(N)Cc1ccc2c(c1)CCC2. The Hall–Kier alpha value is -0.820. The van der Waals surface area contributed by atoms with E-state index in [0.29, 0.717) is 6.04 Å². The molecule has 1 aliphatic carbocycles. The highest BCUT2D eigenvalue weighted by Crippen LogP contribution is 2.23. The summed E-state index contributed by atoms with van der Waals surface area (Å²) in [5, 5.41) is 0. The number of hydrogen-bond acceptors (Lipinski definition) is 1. The van der Waals surface area contributed by atoms with E-state index in [1.165, 1.54) is 31.2 Å². The van der Waals surface area contributed by atoms with E-state index < -0.39 is 0 Å². The summed E-state index contributed by atoms with van der Waals surface area (Å²) in [5.74, 6) is 0. The Morgan fingerprint density at radius 2 is 2.07 bits per heavy atom. The molecule has 1 aromatic rings. The lowest BCUT2D eigenvalue weighted by Gasteiger charge is -2.11. The first kappa shape index (κ1) is 10.7. The Balaban J connectivity index is 2.03. The van der Waals surface area contributed by atoms with Gasteiger partial charge < -0.3 is 5.73 Å². The summed E-state index contributed by atoms with van der Waals surface area (Å²) in [4.78, 5) is 0. The van der Waals surface area contributed by atoms with Crippen LogP contribution in [0.2, 0.25) is 0 Å². The normalized spacial score (nSPS) is 16.4. The van der Waals surface area contributed by atoms with E-state index in [4.69, 9.17) is 5.73 Å². The van der Waals surface area contributed by atoms with Crippen LogP contribution in [0, 0.1) is 0 Å². The van der Waals surface area contributed by atoms with Crippen molar-refractivity contribution in [2.75, 3.05) is 0 Å². The van der Waals surface area contributed by atoms with Gasteiger partial charge in [-0.3, -0.25) is 0 Å². The van der Waals surface area contributed by atoms with Crippen molar-refractivity contribution < 1.29 is 0 Å². The first-order chi connectivity index (χ1) is 7.29. The highest BCUT2D eigenvalue weighted by Gasteiger charge is 2.11. The van der Waals surface area contributed by atoms with Crippen molar-refractivity contribution in [3.05, 3.63) is 34.9 Å². The van der Waals surface area contributed by atoms with E-state index in [1.807, 2.05) is 0 Å². The number of rotatable bonds is 4. The lowest BCUT2D eigenvalue weighted by Crippen LogP contribution is -2.22. The van der Waals surface area contributed by atoms with Crippen LogP contribution in [-0.4, -0.2) is 6.04 Å². The van der Waals surface area contributed by atoms with Crippen LogP contribution < -0.4 is 5.73 Å². The first-order valence-electron chi connectivity index (χ1n) is 6.16. The topological polar surface area (TPSA) is 26.0 Å². The minimum Gasteiger partial charge on any atom is -0.327 e. The van der Waals surface area contributed by atoms with Gasteiger partial charge >= 0.3 is 0 Å². The molecule has 2 N–H and O–H groups in total. The predicted molar refractivity (Wildman–Crippen MR) is 65.1 cm³/mol. The van der Waals surface area contributed by atoms with Crippen LogP contribution in [0.15, 0.2) is 18.2 Å². The molecule has 1 nitrogen and oxygen atoms in total. The van der Waals surface area contributed by atoms with Gasteiger partial charge in [0, 0.05) is 6.04 Å². The van der Waals surface area contributed by atoms with Crippen molar-refractivity contribution in [2.24, 2.45) is 5.73 Å². The van der Waals surface area contributed by atoms with E-state index in [0.717, 1.165) is 12.8 Å². The highest BCUT2D eigenvalue weighted by atomic mass is 14.6. The number of hydrogen-bond donors (Lipinski definition) is 1. The third-order valence-electron chi connectivity index (χ3n) is 3.32. The van der Waals surface area contributed by atoms with Gasteiger partial charge in [-0.15, -0.1) is 0 Å². The molecule has 1 aliphatic rings. The lowest BCUT2D eigenvalue weighted by molar-refractivity contribution is 0.600. The fraction of sp³-hybridized carbons (Fsp3) is 0.571. The van der Waals surface area contributed by atoms with Crippen LogP contribution in [0.1, 0.15) is 42.9 Å². The van der Waals surface area contributed by atoms with Crippen LogP contribution in [0.5, 0.6) is 0 Å². The van der Waals surface area contributed by atoms with Gasteiger partial charge in [0.15, 0.2) is 0 Å². The summed E-state index contributed by atoms with van der Waals surface area (Å²) in [5.41, 5.74) is 10.6. The van der Waals surface area contributed by atoms with Gasteiger partial charge in [0.05, 0.1) is 0 Å². The van der Waals surface area contributed by atoms with Crippen LogP contribution >= 0.6 is 0 Å². The van der Waals surface area contributed by atoms with Crippen molar-refractivity contribution in [1.29, 1.82) is 0 Å². The van der Waals surface area contributed by atoms with E-state index in [2.05, 4.69) is 25.1 Å². The molecule has 2 rings (SSSR count).